The Labute approximate surface area is 114 Å². The van der Waals surface area contributed by atoms with Crippen LogP contribution >= 0.6 is 0 Å². The molecule has 1 fully saturated rings. The molecule has 1 aliphatic carbocycles. The summed E-state index contributed by atoms with van der Waals surface area (Å²) in [6.07, 6.45) is 6.13. The number of phenols is 1. The molecule has 0 aliphatic heterocycles. The van der Waals surface area contributed by atoms with Crippen molar-refractivity contribution in [1.29, 1.82) is 0 Å². The van der Waals surface area contributed by atoms with E-state index in [-0.39, 0.29) is 28.9 Å². The van der Waals surface area contributed by atoms with Crippen molar-refractivity contribution in [2.24, 2.45) is 5.92 Å². The van der Waals surface area contributed by atoms with Crippen LogP contribution in [0, 0.1) is 5.92 Å². The largest absolute Gasteiger partial charge is 0.505 e. The molecule has 1 aromatic carbocycles. The zero-order chi connectivity index (χ0) is 13.8. The minimum absolute atomic E-state index is 0.129. The zero-order valence-electron chi connectivity index (χ0n) is 11.4. The number of phenolic OH excluding ortho intramolecular Hbond substituents is 1. The molecule has 0 spiro atoms. The van der Waals surface area contributed by atoms with Gasteiger partial charge in [-0.2, -0.15) is 0 Å². The van der Waals surface area contributed by atoms with E-state index in [2.05, 4.69) is 5.32 Å². The van der Waals surface area contributed by atoms with Gasteiger partial charge in [-0.05, 0) is 37.8 Å². The van der Waals surface area contributed by atoms with Gasteiger partial charge in [-0.25, -0.2) is 0 Å². The summed E-state index contributed by atoms with van der Waals surface area (Å²) < 4.78 is 0. The molecule has 0 radical (unpaired) electrons. The minimum atomic E-state index is -0.247. The maximum absolute atomic E-state index is 12.1. The summed E-state index contributed by atoms with van der Waals surface area (Å²) in [5.74, 6) is 0.166. The number of nitrogens with two attached hydrogens (primary N) is 1. The Morgan fingerprint density at radius 3 is 2.74 bits per heavy atom. The van der Waals surface area contributed by atoms with Crippen LogP contribution in [-0.4, -0.2) is 17.1 Å². The van der Waals surface area contributed by atoms with Crippen molar-refractivity contribution in [1.82, 2.24) is 5.32 Å². The Bertz CT molecular complexity index is 453. The van der Waals surface area contributed by atoms with Crippen molar-refractivity contribution in [3.05, 3.63) is 23.8 Å². The third-order valence-corrected chi connectivity index (χ3v) is 4.03. The average Bonchev–Trinajstić information content (AvgIpc) is 2.42. The van der Waals surface area contributed by atoms with E-state index in [0.717, 1.165) is 0 Å². The van der Waals surface area contributed by atoms with Crippen LogP contribution in [0.3, 0.4) is 0 Å². The lowest BCUT2D eigenvalue weighted by Crippen LogP contribution is -2.38. The third-order valence-electron chi connectivity index (χ3n) is 4.03. The lowest BCUT2D eigenvalue weighted by atomic mass is 9.84. The Hall–Kier alpha value is -1.71. The normalized spacial score (nSPS) is 17.9. The lowest BCUT2D eigenvalue weighted by Gasteiger charge is -2.28. The molecule has 1 aliphatic rings. The molecule has 1 unspecified atom stereocenters. The van der Waals surface area contributed by atoms with Gasteiger partial charge in [-0.3, -0.25) is 4.79 Å². The molecule has 0 heterocycles. The Morgan fingerprint density at radius 1 is 1.37 bits per heavy atom. The van der Waals surface area contributed by atoms with E-state index >= 15 is 0 Å². The van der Waals surface area contributed by atoms with Crippen LogP contribution in [-0.2, 0) is 0 Å². The van der Waals surface area contributed by atoms with Gasteiger partial charge < -0.3 is 16.2 Å². The third kappa shape index (κ3) is 3.19. The van der Waals surface area contributed by atoms with Crippen LogP contribution in [0.4, 0.5) is 5.69 Å². The van der Waals surface area contributed by atoms with Gasteiger partial charge in [0.25, 0.3) is 5.91 Å². The molecule has 4 N–H and O–H groups in total. The number of hydrogen-bond donors (Lipinski definition) is 3. The van der Waals surface area contributed by atoms with E-state index in [4.69, 9.17) is 5.73 Å². The molecular formula is C15H22N2O2. The summed E-state index contributed by atoms with van der Waals surface area (Å²) in [5, 5.41) is 12.8. The standard InChI is InChI=1S/C15H22N2O2/c1-10(11-6-3-2-4-7-11)17-15(19)12-8-5-9-13(16)14(12)18/h5,8-11,18H,2-4,6-7,16H2,1H3,(H,17,19). The first-order chi connectivity index (χ1) is 9.09. The monoisotopic (exact) mass is 262 g/mol. The first-order valence-electron chi connectivity index (χ1n) is 6.98. The Balaban J connectivity index is 2.02. The molecule has 0 aromatic heterocycles. The van der Waals surface area contributed by atoms with Crippen LogP contribution < -0.4 is 11.1 Å². The lowest BCUT2D eigenvalue weighted by molar-refractivity contribution is 0.0916. The van der Waals surface area contributed by atoms with Crippen LogP contribution in [0.15, 0.2) is 18.2 Å². The highest BCUT2D eigenvalue weighted by Gasteiger charge is 2.23. The number of rotatable bonds is 3. The Kier molecular flexibility index (Phi) is 4.30. The zero-order valence-corrected chi connectivity index (χ0v) is 11.4. The summed E-state index contributed by atoms with van der Waals surface area (Å²) in [4.78, 5) is 12.1. The number of carbonyl (C=O) groups excluding carboxylic acids is 1. The van der Waals surface area contributed by atoms with Crippen molar-refractivity contribution in [3.8, 4) is 5.75 Å². The Morgan fingerprint density at radius 2 is 2.05 bits per heavy atom. The number of anilines is 1. The SMILES string of the molecule is CC(NC(=O)c1cccc(N)c1O)C1CCCCC1. The molecule has 19 heavy (non-hydrogen) atoms. The molecule has 2 rings (SSSR count). The van der Waals surface area contributed by atoms with Crippen LogP contribution in [0.25, 0.3) is 0 Å². The molecular weight excluding hydrogens is 240 g/mol. The predicted molar refractivity (Wildman–Crippen MR) is 76.0 cm³/mol. The average molecular weight is 262 g/mol. The summed E-state index contributed by atoms with van der Waals surface area (Å²) >= 11 is 0. The van der Waals surface area contributed by atoms with E-state index in [1.54, 1.807) is 18.2 Å². The van der Waals surface area contributed by atoms with Gasteiger partial charge in [0.05, 0.1) is 11.3 Å². The summed E-state index contributed by atoms with van der Waals surface area (Å²) in [7, 11) is 0. The highest BCUT2D eigenvalue weighted by Crippen LogP contribution is 2.28. The fourth-order valence-corrected chi connectivity index (χ4v) is 2.78. The van der Waals surface area contributed by atoms with Crippen molar-refractivity contribution >= 4 is 11.6 Å². The van der Waals surface area contributed by atoms with Gasteiger partial charge in [-0.1, -0.05) is 25.3 Å². The first kappa shape index (κ1) is 13.7. The van der Waals surface area contributed by atoms with Crippen molar-refractivity contribution in [2.45, 2.75) is 45.1 Å². The van der Waals surface area contributed by atoms with Gasteiger partial charge in [0, 0.05) is 6.04 Å². The van der Waals surface area contributed by atoms with Crippen LogP contribution in [0.1, 0.15) is 49.4 Å². The van der Waals surface area contributed by atoms with Crippen molar-refractivity contribution in [3.63, 3.8) is 0 Å². The number of nitrogens with one attached hydrogen (secondary N) is 1. The second-order valence-corrected chi connectivity index (χ2v) is 5.40. The smallest absolute Gasteiger partial charge is 0.255 e. The number of para-hydroxylation sites is 1. The minimum Gasteiger partial charge on any atom is -0.505 e. The summed E-state index contributed by atoms with van der Waals surface area (Å²) in [5.41, 5.74) is 6.09. The van der Waals surface area contributed by atoms with Crippen molar-refractivity contribution in [2.75, 3.05) is 5.73 Å². The second kappa shape index (κ2) is 5.95. The molecule has 1 aromatic rings. The first-order valence-corrected chi connectivity index (χ1v) is 6.98. The molecule has 1 saturated carbocycles. The van der Waals surface area contributed by atoms with Gasteiger partial charge >= 0.3 is 0 Å². The number of benzene rings is 1. The predicted octanol–water partition coefficient (Wildman–Crippen LogP) is 2.67. The highest BCUT2D eigenvalue weighted by atomic mass is 16.3. The quantitative estimate of drug-likeness (QED) is 0.579. The summed E-state index contributed by atoms with van der Waals surface area (Å²) in [6.45, 7) is 2.04. The van der Waals surface area contributed by atoms with Gasteiger partial charge in [0.15, 0.2) is 5.75 Å². The fraction of sp³-hybridized carbons (Fsp3) is 0.533. The van der Waals surface area contributed by atoms with E-state index in [1.165, 1.54) is 32.1 Å². The van der Waals surface area contributed by atoms with E-state index in [1.807, 2.05) is 6.92 Å². The van der Waals surface area contributed by atoms with Gasteiger partial charge in [0.2, 0.25) is 0 Å². The molecule has 0 saturated heterocycles. The molecule has 1 amide bonds. The van der Waals surface area contributed by atoms with Gasteiger partial charge in [-0.15, -0.1) is 0 Å². The number of amides is 1. The molecule has 4 nitrogen and oxygen atoms in total. The van der Waals surface area contributed by atoms with Crippen LogP contribution in [0.2, 0.25) is 0 Å². The second-order valence-electron chi connectivity index (χ2n) is 5.40. The number of carbonyl (C=O) groups is 1. The van der Waals surface area contributed by atoms with Crippen LogP contribution in [0.5, 0.6) is 5.75 Å². The number of nitrogen functional groups attached to an aromatic ring is 1. The molecule has 1 atom stereocenters. The highest BCUT2D eigenvalue weighted by molar-refractivity contribution is 5.98. The number of hydrogen-bond acceptors (Lipinski definition) is 3. The topological polar surface area (TPSA) is 75.4 Å². The van der Waals surface area contributed by atoms with Crippen molar-refractivity contribution < 1.29 is 9.90 Å². The van der Waals surface area contributed by atoms with Gasteiger partial charge in [0.1, 0.15) is 0 Å². The maximum atomic E-state index is 12.1. The van der Waals surface area contributed by atoms with E-state index in [0.29, 0.717) is 5.92 Å². The number of aromatic hydroxyl groups is 1. The molecule has 4 heteroatoms. The van der Waals surface area contributed by atoms with E-state index < -0.39 is 0 Å². The molecule has 0 bridgehead atoms. The summed E-state index contributed by atoms with van der Waals surface area (Å²) in [6, 6.07) is 4.98. The van der Waals surface area contributed by atoms with E-state index in [9.17, 15) is 9.90 Å². The molecule has 104 valence electrons. The maximum Gasteiger partial charge on any atom is 0.255 e. The fourth-order valence-electron chi connectivity index (χ4n) is 2.78.